The van der Waals surface area contributed by atoms with Crippen LogP contribution in [0.1, 0.15) is 18.9 Å². The van der Waals surface area contributed by atoms with Crippen molar-refractivity contribution in [3.8, 4) is 0 Å². The fourth-order valence-electron chi connectivity index (χ4n) is 1.70. The summed E-state index contributed by atoms with van der Waals surface area (Å²) >= 11 is 6.76. The number of thiophene rings is 1. The third-order valence-corrected chi connectivity index (χ3v) is 5.99. The Bertz CT molecular complexity index is 800. The highest BCUT2D eigenvalue weighted by Crippen LogP contribution is 2.29. The molecule has 0 atom stereocenters. The predicted octanol–water partition coefficient (Wildman–Crippen LogP) is 3.86. The Labute approximate surface area is 138 Å². The monoisotopic (exact) mass is 358 g/mol. The number of benzene rings is 1. The molecule has 2 aromatic rings. The van der Waals surface area contributed by atoms with Gasteiger partial charge >= 0.3 is 0 Å². The minimum absolute atomic E-state index is 0.136. The van der Waals surface area contributed by atoms with Gasteiger partial charge in [-0.25, -0.2) is 8.42 Å². The van der Waals surface area contributed by atoms with Gasteiger partial charge in [-0.2, -0.15) is 0 Å². The molecule has 0 aliphatic heterocycles. The van der Waals surface area contributed by atoms with Gasteiger partial charge in [0, 0.05) is 12.1 Å². The predicted molar refractivity (Wildman–Crippen MR) is 90.2 cm³/mol. The lowest BCUT2D eigenvalue weighted by Crippen LogP contribution is -2.14. The fourth-order valence-corrected chi connectivity index (χ4v) is 4.30. The Kier molecular flexibility index (Phi) is 5.10. The summed E-state index contributed by atoms with van der Waals surface area (Å²) in [5.41, 5.74) is 1.71. The number of nitrogens with one attached hydrogen (secondary N) is 2. The molecule has 1 aromatic heterocycles. The first-order valence-corrected chi connectivity index (χ1v) is 9.18. The molecule has 0 fully saturated rings. The van der Waals surface area contributed by atoms with Crippen molar-refractivity contribution in [1.82, 2.24) is 0 Å². The minimum atomic E-state index is -3.69. The molecule has 0 aliphatic rings. The number of amides is 1. The molecule has 0 spiro atoms. The van der Waals surface area contributed by atoms with Crippen LogP contribution >= 0.6 is 22.9 Å². The van der Waals surface area contributed by atoms with Gasteiger partial charge in [0.15, 0.2) is 0 Å². The summed E-state index contributed by atoms with van der Waals surface area (Å²) in [6.45, 7) is 3.53. The van der Waals surface area contributed by atoms with E-state index in [9.17, 15) is 13.2 Å². The van der Waals surface area contributed by atoms with Gasteiger partial charge in [0.2, 0.25) is 5.91 Å². The Morgan fingerprint density at radius 1 is 1.27 bits per heavy atom. The molecular weight excluding hydrogens is 344 g/mol. The molecule has 2 rings (SSSR count). The van der Waals surface area contributed by atoms with Crippen molar-refractivity contribution in [2.24, 2.45) is 0 Å². The second-order valence-electron chi connectivity index (χ2n) is 4.60. The molecule has 22 heavy (non-hydrogen) atoms. The number of carbonyl (C=O) groups excluding carboxylic acids is 1. The van der Waals surface area contributed by atoms with Gasteiger partial charge in [0.1, 0.15) is 4.21 Å². The summed E-state index contributed by atoms with van der Waals surface area (Å²) in [6, 6.07) is 8.04. The maximum Gasteiger partial charge on any atom is 0.271 e. The summed E-state index contributed by atoms with van der Waals surface area (Å²) in [4.78, 5) is 11.4. The van der Waals surface area contributed by atoms with Crippen LogP contribution in [0.25, 0.3) is 0 Å². The van der Waals surface area contributed by atoms with E-state index in [2.05, 4.69) is 10.0 Å². The third kappa shape index (κ3) is 4.00. The van der Waals surface area contributed by atoms with Crippen LogP contribution in [0.15, 0.2) is 34.5 Å². The first kappa shape index (κ1) is 16.8. The van der Waals surface area contributed by atoms with Crippen LogP contribution in [0.2, 0.25) is 4.34 Å². The topological polar surface area (TPSA) is 75.3 Å². The Balaban J connectivity index is 2.28. The molecule has 1 amide bonds. The van der Waals surface area contributed by atoms with E-state index in [0.717, 1.165) is 16.9 Å². The van der Waals surface area contributed by atoms with Crippen LogP contribution in [0.3, 0.4) is 0 Å². The normalized spacial score (nSPS) is 11.2. The van der Waals surface area contributed by atoms with Gasteiger partial charge in [-0.1, -0.05) is 24.6 Å². The van der Waals surface area contributed by atoms with Crippen LogP contribution in [-0.2, 0) is 14.8 Å². The lowest BCUT2D eigenvalue weighted by atomic mass is 10.2. The van der Waals surface area contributed by atoms with Crippen LogP contribution in [0, 0.1) is 6.92 Å². The van der Waals surface area contributed by atoms with E-state index in [1.165, 1.54) is 12.1 Å². The quantitative estimate of drug-likeness (QED) is 0.852. The highest BCUT2D eigenvalue weighted by Gasteiger charge is 2.18. The third-order valence-electron chi connectivity index (χ3n) is 2.90. The van der Waals surface area contributed by atoms with Gasteiger partial charge in [0.25, 0.3) is 10.0 Å². The standard InChI is InChI=1S/C14H15ClN2O3S2/c1-3-13(18)16-10-5-4-9(2)11(8-10)17-22(19,20)14-7-6-12(15)21-14/h4-8,17H,3H2,1-2H3,(H,16,18). The van der Waals surface area contributed by atoms with Gasteiger partial charge in [-0.15, -0.1) is 11.3 Å². The zero-order chi connectivity index (χ0) is 16.3. The molecule has 0 unspecified atom stereocenters. The molecule has 0 saturated heterocycles. The number of halogens is 1. The maximum atomic E-state index is 12.3. The van der Waals surface area contributed by atoms with Crippen molar-refractivity contribution in [2.45, 2.75) is 24.5 Å². The molecule has 1 aromatic carbocycles. The van der Waals surface area contributed by atoms with Crippen molar-refractivity contribution in [3.05, 3.63) is 40.2 Å². The van der Waals surface area contributed by atoms with E-state index >= 15 is 0 Å². The Morgan fingerprint density at radius 2 is 2.00 bits per heavy atom. The van der Waals surface area contributed by atoms with Crippen LogP contribution < -0.4 is 10.0 Å². The number of sulfonamides is 1. The van der Waals surface area contributed by atoms with E-state index in [-0.39, 0.29) is 10.1 Å². The average molecular weight is 359 g/mol. The van der Waals surface area contributed by atoms with Crippen LogP contribution in [0.5, 0.6) is 0 Å². The van der Waals surface area contributed by atoms with Gasteiger partial charge in [-0.05, 0) is 36.8 Å². The first-order valence-electron chi connectivity index (χ1n) is 6.50. The molecule has 1 heterocycles. The highest BCUT2D eigenvalue weighted by atomic mass is 35.5. The van der Waals surface area contributed by atoms with Crippen LogP contribution in [-0.4, -0.2) is 14.3 Å². The molecule has 0 bridgehead atoms. The highest BCUT2D eigenvalue weighted by molar-refractivity contribution is 7.94. The SMILES string of the molecule is CCC(=O)Nc1ccc(C)c(NS(=O)(=O)c2ccc(Cl)s2)c1. The molecule has 0 radical (unpaired) electrons. The van der Waals surface area contributed by atoms with Crippen molar-refractivity contribution in [3.63, 3.8) is 0 Å². The lowest BCUT2D eigenvalue weighted by molar-refractivity contribution is -0.115. The first-order chi connectivity index (χ1) is 10.3. The average Bonchev–Trinajstić information content (AvgIpc) is 2.89. The second kappa shape index (κ2) is 6.68. The number of hydrogen-bond donors (Lipinski definition) is 2. The number of aryl methyl sites for hydroxylation is 1. The summed E-state index contributed by atoms with van der Waals surface area (Å²) in [6.07, 6.45) is 0.350. The smallest absolute Gasteiger partial charge is 0.271 e. The van der Waals surface area contributed by atoms with Crippen molar-refractivity contribution in [2.75, 3.05) is 10.0 Å². The largest absolute Gasteiger partial charge is 0.326 e. The minimum Gasteiger partial charge on any atom is -0.326 e. The molecule has 0 saturated carbocycles. The van der Waals surface area contributed by atoms with Crippen LogP contribution in [0.4, 0.5) is 11.4 Å². The van der Waals surface area contributed by atoms with Gasteiger partial charge in [0.05, 0.1) is 10.0 Å². The summed E-state index contributed by atoms with van der Waals surface area (Å²) in [7, 11) is -3.69. The number of hydrogen-bond acceptors (Lipinski definition) is 4. The van der Waals surface area contributed by atoms with Gasteiger partial charge in [-0.3, -0.25) is 9.52 Å². The van der Waals surface area contributed by atoms with Crippen molar-refractivity contribution >= 4 is 50.2 Å². The maximum absolute atomic E-state index is 12.3. The number of anilines is 2. The molecule has 2 N–H and O–H groups in total. The molecule has 118 valence electrons. The lowest BCUT2D eigenvalue weighted by Gasteiger charge is -2.12. The van der Waals surface area contributed by atoms with E-state index in [1.54, 1.807) is 32.0 Å². The molecular formula is C14H15ClN2O3S2. The van der Waals surface area contributed by atoms with Crippen molar-refractivity contribution < 1.29 is 13.2 Å². The summed E-state index contributed by atoms with van der Waals surface area (Å²) < 4.78 is 27.7. The van der Waals surface area contributed by atoms with E-state index < -0.39 is 10.0 Å². The summed E-state index contributed by atoms with van der Waals surface area (Å²) in [5.74, 6) is -0.136. The van der Waals surface area contributed by atoms with E-state index in [0.29, 0.717) is 22.1 Å². The Morgan fingerprint density at radius 3 is 2.59 bits per heavy atom. The van der Waals surface area contributed by atoms with Gasteiger partial charge < -0.3 is 5.32 Å². The summed E-state index contributed by atoms with van der Waals surface area (Å²) in [5, 5.41) is 2.70. The zero-order valence-corrected chi connectivity index (χ0v) is 14.4. The molecule has 8 heteroatoms. The zero-order valence-electron chi connectivity index (χ0n) is 12.0. The fraction of sp³-hybridized carbons (Fsp3) is 0.214. The number of carbonyl (C=O) groups is 1. The second-order valence-corrected chi connectivity index (χ2v) is 8.22. The Hall–Kier alpha value is -1.57. The molecule has 0 aliphatic carbocycles. The molecule has 5 nitrogen and oxygen atoms in total. The van der Waals surface area contributed by atoms with Crippen molar-refractivity contribution in [1.29, 1.82) is 0 Å². The van der Waals surface area contributed by atoms with E-state index in [1.807, 2.05) is 0 Å². The number of rotatable bonds is 5. The van der Waals surface area contributed by atoms with E-state index in [4.69, 9.17) is 11.6 Å².